The van der Waals surface area contributed by atoms with Gasteiger partial charge in [-0.15, -0.1) is 0 Å². The van der Waals surface area contributed by atoms with Gasteiger partial charge >= 0.3 is 0 Å². The number of nitrogens with one attached hydrogen (secondary N) is 2. The number of benzene rings is 1. The Balaban J connectivity index is 1.66. The first kappa shape index (κ1) is 22.5. The third-order valence-electron chi connectivity index (χ3n) is 4.89. The average Bonchev–Trinajstić information content (AvgIpc) is 2.66. The number of aryl methyl sites for hydroxylation is 1. The highest BCUT2D eigenvalue weighted by molar-refractivity contribution is 5.80. The van der Waals surface area contributed by atoms with E-state index in [9.17, 15) is 0 Å². The van der Waals surface area contributed by atoms with Crippen LogP contribution in [0.25, 0.3) is 0 Å². The number of hydrogen-bond acceptors (Lipinski definition) is 4. The van der Waals surface area contributed by atoms with Crippen molar-refractivity contribution in [2.75, 3.05) is 39.8 Å². The van der Waals surface area contributed by atoms with Gasteiger partial charge in [0.25, 0.3) is 0 Å². The summed E-state index contributed by atoms with van der Waals surface area (Å²) in [4.78, 5) is 6.85. The van der Waals surface area contributed by atoms with Crippen molar-refractivity contribution in [2.24, 2.45) is 4.99 Å². The molecule has 1 fully saturated rings. The van der Waals surface area contributed by atoms with Crippen LogP contribution in [-0.4, -0.2) is 68.9 Å². The summed E-state index contributed by atoms with van der Waals surface area (Å²) in [6.45, 7) is 13.1. The topological polar surface area (TPSA) is 58.1 Å². The Kier molecular flexibility index (Phi) is 9.58. The molecule has 28 heavy (non-hydrogen) atoms. The quantitative estimate of drug-likeness (QED) is 0.502. The van der Waals surface area contributed by atoms with E-state index in [0.717, 1.165) is 50.8 Å². The molecule has 0 aromatic heterocycles. The van der Waals surface area contributed by atoms with Crippen LogP contribution in [0.3, 0.4) is 0 Å². The Morgan fingerprint density at radius 3 is 2.64 bits per heavy atom. The molecule has 158 valence electrons. The molecular formula is C22H38N4O2. The second-order valence-corrected chi connectivity index (χ2v) is 7.88. The van der Waals surface area contributed by atoms with Crippen LogP contribution >= 0.6 is 0 Å². The van der Waals surface area contributed by atoms with Gasteiger partial charge in [-0.1, -0.05) is 12.1 Å². The number of rotatable bonds is 9. The summed E-state index contributed by atoms with van der Waals surface area (Å²) in [6.07, 6.45) is 2.61. The molecular weight excluding hydrogens is 352 g/mol. The molecule has 6 heteroatoms. The lowest BCUT2D eigenvalue weighted by Crippen LogP contribution is -2.50. The van der Waals surface area contributed by atoms with Gasteiger partial charge in [0.1, 0.15) is 11.9 Å². The second kappa shape index (κ2) is 11.9. The zero-order chi connectivity index (χ0) is 20.4. The van der Waals surface area contributed by atoms with E-state index < -0.39 is 0 Å². The van der Waals surface area contributed by atoms with E-state index in [-0.39, 0.29) is 6.10 Å². The third kappa shape index (κ3) is 8.48. The molecule has 2 rings (SSSR count). The SMILES string of the molecule is CN=C(NCC(C)Oc1cccc(C)c1)NC1CCN(CCOC(C)C)CC1. The van der Waals surface area contributed by atoms with Crippen LogP contribution in [0.1, 0.15) is 39.2 Å². The van der Waals surface area contributed by atoms with Gasteiger partial charge in [-0.25, -0.2) is 0 Å². The van der Waals surface area contributed by atoms with Crippen LogP contribution in [0.4, 0.5) is 0 Å². The van der Waals surface area contributed by atoms with Crippen molar-refractivity contribution >= 4 is 5.96 Å². The predicted octanol–water partition coefficient (Wildman–Crippen LogP) is 2.82. The molecule has 1 aliphatic rings. The fourth-order valence-corrected chi connectivity index (χ4v) is 3.31. The van der Waals surface area contributed by atoms with Crippen molar-refractivity contribution < 1.29 is 9.47 Å². The molecule has 2 N–H and O–H groups in total. The summed E-state index contributed by atoms with van der Waals surface area (Å²) in [5.41, 5.74) is 1.21. The van der Waals surface area contributed by atoms with E-state index in [1.54, 1.807) is 0 Å². The summed E-state index contributed by atoms with van der Waals surface area (Å²) in [7, 11) is 1.82. The molecule has 0 radical (unpaired) electrons. The van der Waals surface area contributed by atoms with Gasteiger partial charge < -0.3 is 25.0 Å². The predicted molar refractivity (Wildman–Crippen MR) is 116 cm³/mol. The van der Waals surface area contributed by atoms with Crippen LogP contribution in [0.5, 0.6) is 5.75 Å². The van der Waals surface area contributed by atoms with E-state index in [0.29, 0.717) is 18.7 Å². The first-order chi connectivity index (χ1) is 13.5. The summed E-state index contributed by atoms with van der Waals surface area (Å²) >= 11 is 0. The molecule has 1 heterocycles. The number of likely N-dealkylation sites (tertiary alicyclic amines) is 1. The Morgan fingerprint density at radius 2 is 2.00 bits per heavy atom. The van der Waals surface area contributed by atoms with Crippen LogP contribution in [-0.2, 0) is 4.74 Å². The molecule has 1 aromatic rings. The lowest BCUT2D eigenvalue weighted by molar-refractivity contribution is 0.0532. The number of nitrogens with zero attached hydrogens (tertiary/aromatic N) is 2. The first-order valence-electron chi connectivity index (χ1n) is 10.5. The number of ether oxygens (including phenoxy) is 2. The van der Waals surface area contributed by atoms with E-state index >= 15 is 0 Å². The van der Waals surface area contributed by atoms with Gasteiger partial charge in [0.05, 0.1) is 19.3 Å². The lowest BCUT2D eigenvalue weighted by atomic mass is 10.1. The molecule has 1 unspecified atom stereocenters. The second-order valence-electron chi connectivity index (χ2n) is 7.88. The van der Waals surface area contributed by atoms with Crippen LogP contribution in [0.15, 0.2) is 29.3 Å². The molecule has 1 atom stereocenters. The molecule has 0 aliphatic carbocycles. The number of piperidine rings is 1. The molecule has 1 aliphatic heterocycles. The molecule has 0 bridgehead atoms. The third-order valence-corrected chi connectivity index (χ3v) is 4.89. The minimum absolute atomic E-state index is 0.0585. The summed E-state index contributed by atoms with van der Waals surface area (Å²) < 4.78 is 11.6. The van der Waals surface area contributed by atoms with Gasteiger partial charge in [0, 0.05) is 32.7 Å². The maximum atomic E-state index is 5.98. The summed E-state index contributed by atoms with van der Waals surface area (Å²) in [5, 5.41) is 6.94. The molecule has 0 amide bonds. The Bertz CT molecular complexity index is 598. The van der Waals surface area contributed by atoms with Gasteiger partial charge in [-0.3, -0.25) is 4.99 Å². The molecule has 6 nitrogen and oxygen atoms in total. The van der Waals surface area contributed by atoms with Crippen LogP contribution in [0, 0.1) is 6.92 Å². The van der Waals surface area contributed by atoms with E-state index in [1.807, 2.05) is 19.2 Å². The maximum Gasteiger partial charge on any atom is 0.191 e. The highest BCUT2D eigenvalue weighted by Gasteiger charge is 2.20. The Labute approximate surface area is 170 Å². The summed E-state index contributed by atoms with van der Waals surface area (Å²) in [5.74, 6) is 1.76. The number of hydrogen-bond donors (Lipinski definition) is 2. The van der Waals surface area contributed by atoms with Crippen molar-refractivity contribution in [3.8, 4) is 5.75 Å². The highest BCUT2D eigenvalue weighted by Crippen LogP contribution is 2.14. The van der Waals surface area contributed by atoms with Crippen molar-refractivity contribution in [2.45, 2.75) is 58.8 Å². The van der Waals surface area contributed by atoms with Crippen LogP contribution in [0.2, 0.25) is 0 Å². The van der Waals surface area contributed by atoms with E-state index in [2.05, 4.69) is 60.4 Å². The fraction of sp³-hybridized carbons (Fsp3) is 0.682. The zero-order valence-corrected chi connectivity index (χ0v) is 18.2. The standard InChI is InChI=1S/C22H38N4O2/c1-17(2)27-14-13-26-11-9-20(10-12-26)25-22(23-5)24-16-19(4)28-21-8-6-7-18(3)15-21/h6-8,15,17,19-20H,9-14,16H2,1-5H3,(H2,23,24,25). The van der Waals surface area contributed by atoms with Gasteiger partial charge in [-0.05, 0) is 58.2 Å². The minimum atomic E-state index is 0.0585. The number of aliphatic imine (C=N–C) groups is 1. The average molecular weight is 391 g/mol. The van der Waals surface area contributed by atoms with Gasteiger partial charge in [0.15, 0.2) is 5.96 Å². The largest absolute Gasteiger partial charge is 0.489 e. The van der Waals surface area contributed by atoms with Crippen LogP contribution < -0.4 is 15.4 Å². The van der Waals surface area contributed by atoms with Crippen molar-refractivity contribution in [3.05, 3.63) is 29.8 Å². The van der Waals surface area contributed by atoms with Gasteiger partial charge in [-0.2, -0.15) is 0 Å². The minimum Gasteiger partial charge on any atom is -0.489 e. The van der Waals surface area contributed by atoms with E-state index in [1.165, 1.54) is 5.56 Å². The first-order valence-corrected chi connectivity index (χ1v) is 10.5. The Hall–Kier alpha value is -1.79. The smallest absolute Gasteiger partial charge is 0.191 e. The highest BCUT2D eigenvalue weighted by atomic mass is 16.5. The molecule has 0 saturated carbocycles. The van der Waals surface area contributed by atoms with Gasteiger partial charge in [0.2, 0.25) is 0 Å². The van der Waals surface area contributed by atoms with Crippen molar-refractivity contribution in [1.29, 1.82) is 0 Å². The summed E-state index contributed by atoms with van der Waals surface area (Å²) in [6, 6.07) is 8.61. The van der Waals surface area contributed by atoms with Crippen molar-refractivity contribution in [3.63, 3.8) is 0 Å². The zero-order valence-electron chi connectivity index (χ0n) is 18.2. The lowest BCUT2D eigenvalue weighted by Gasteiger charge is -2.33. The molecule has 0 spiro atoms. The van der Waals surface area contributed by atoms with E-state index in [4.69, 9.17) is 9.47 Å². The fourth-order valence-electron chi connectivity index (χ4n) is 3.31. The van der Waals surface area contributed by atoms with Crippen molar-refractivity contribution in [1.82, 2.24) is 15.5 Å². The number of guanidine groups is 1. The molecule has 1 aromatic carbocycles. The monoisotopic (exact) mass is 390 g/mol. The normalized spacial score (nSPS) is 17.6. The maximum absolute atomic E-state index is 5.98. The molecule has 1 saturated heterocycles. The Morgan fingerprint density at radius 1 is 1.25 bits per heavy atom.